The van der Waals surface area contributed by atoms with Gasteiger partial charge in [-0.05, 0) is 46.9 Å². The third-order valence-electron chi connectivity index (χ3n) is 4.37. The first-order valence-electron chi connectivity index (χ1n) is 7.17. The van der Waals surface area contributed by atoms with Gasteiger partial charge in [-0.2, -0.15) is 0 Å². The zero-order valence-electron chi connectivity index (χ0n) is 11.6. The van der Waals surface area contributed by atoms with E-state index >= 15 is 0 Å². The van der Waals surface area contributed by atoms with Gasteiger partial charge in [0.15, 0.2) is 0 Å². The van der Waals surface area contributed by atoms with E-state index in [1.54, 1.807) is 0 Å². The van der Waals surface area contributed by atoms with Gasteiger partial charge in [-0.25, -0.2) is 0 Å². The molecule has 1 heteroatoms. The highest BCUT2D eigenvalue weighted by molar-refractivity contribution is 5.92. The average Bonchev–Trinajstić information content (AvgIpc) is 2.65. The van der Waals surface area contributed by atoms with E-state index in [1.165, 1.54) is 33.3 Å². The van der Waals surface area contributed by atoms with Crippen molar-refractivity contribution in [1.82, 2.24) is 0 Å². The molecule has 0 amide bonds. The molecule has 0 N–H and O–H groups in total. The van der Waals surface area contributed by atoms with Crippen molar-refractivity contribution >= 4 is 22.1 Å². The van der Waals surface area contributed by atoms with E-state index in [-0.39, 0.29) is 0 Å². The van der Waals surface area contributed by atoms with Crippen molar-refractivity contribution in [1.29, 1.82) is 0 Å². The van der Waals surface area contributed by atoms with Gasteiger partial charge in [0.05, 0.1) is 0 Å². The van der Waals surface area contributed by atoms with Crippen LogP contribution in [0.4, 0.5) is 11.4 Å². The van der Waals surface area contributed by atoms with Crippen LogP contribution in [0.25, 0.3) is 10.8 Å². The van der Waals surface area contributed by atoms with Crippen LogP contribution in [0.5, 0.6) is 0 Å². The lowest BCUT2D eigenvalue weighted by molar-refractivity contribution is 0.986. The Bertz CT molecular complexity index is 789. The minimum absolute atomic E-state index is 1.11. The molecule has 3 aromatic carbocycles. The Hall–Kier alpha value is -2.28. The first kappa shape index (κ1) is 11.5. The van der Waals surface area contributed by atoms with Gasteiger partial charge < -0.3 is 4.90 Å². The maximum absolute atomic E-state index is 2.34. The molecular weight excluding hydrogens is 242 g/mol. The summed E-state index contributed by atoms with van der Waals surface area (Å²) < 4.78 is 0. The molecule has 0 saturated carbocycles. The van der Waals surface area contributed by atoms with Crippen LogP contribution in [0.15, 0.2) is 60.7 Å². The zero-order valence-corrected chi connectivity index (χ0v) is 11.6. The highest BCUT2D eigenvalue weighted by Crippen LogP contribution is 2.37. The van der Waals surface area contributed by atoms with Crippen LogP contribution in [0.3, 0.4) is 0 Å². The first-order valence-corrected chi connectivity index (χ1v) is 7.17. The van der Waals surface area contributed by atoms with Gasteiger partial charge in [0.2, 0.25) is 0 Å². The van der Waals surface area contributed by atoms with E-state index in [0.717, 1.165) is 12.8 Å². The third kappa shape index (κ3) is 1.63. The molecule has 0 aliphatic carbocycles. The predicted octanol–water partition coefficient (Wildman–Crippen LogP) is 4.71. The highest BCUT2D eigenvalue weighted by Gasteiger charge is 2.18. The quantitative estimate of drug-likeness (QED) is 0.565. The van der Waals surface area contributed by atoms with Gasteiger partial charge in [-0.1, -0.05) is 48.5 Å². The number of para-hydroxylation sites is 1. The molecule has 20 heavy (non-hydrogen) atoms. The predicted molar refractivity (Wildman–Crippen MR) is 85.9 cm³/mol. The fraction of sp³-hybridized carbons (Fsp3) is 0.158. The Morgan fingerprint density at radius 1 is 0.750 bits per heavy atom. The molecule has 0 bridgehead atoms. The summed E-state index contributed by atoms with van der Waals surface area (Å²) in [5.41, 5.74) is 5.59. The molecule has 0 fully saturated rings. The van der Waals surface area contributed by atoms with Gasteiger partial charge in [0.1, 0.15) is 0 Å². The van der Waals surface area contributed by atoms with Gasteiger partial charge in [-0.3, -0.25) is 0 Å². The zero-order chi connectivity index (χ0) is 13.5. The van der Waals surface area contributed by atoms with E-state index in [1.807, 2.05) is 0 Å². The number of hydrogen-bond acceptors (Lipinski definition) is 1. The Kier molecular flexibility index (Phi) is 2.53. The maximum atomic E-state index is 2.34. The molecule has 0 spiro atoms. The standard InChI is InChI=1S/C19H17N/c1-20-18-9-5-3-7-15(18)10-12-17-16-8-4-2-6-14(16)11-13-19(17)20/h2-9,11,13H,10,12H2,1H3. The summed E-state index contributed by atoms with van der Waals surface area (Å²) >= 11 is 0. The maximum Gasteiger partial charge on any atom is 0.0447 e. The Balaban J connectivity index is 1.99. The van der Waals surface area contributed by atoms with Crippen LogP contribution in [-0.4, -0.2) is 7.05 Å². The minimum Gasteiger partial charge on any atom is -0.344 e. The number of benzene rings is 3. The van der Waals surface area contributed by atoms with E-state index < -0.39 is 0 Å². The van der Waals surface area contributed by atoms with Crippen LogP contribution in [0.2, 0.25) is 0 Å². The molecule has 0 saturated heterocycles. The van der Waals surface area contributed by atoms with Crippen molar-refractivity contribution in [2.24, 2.45) is 0 Å². The van der Waals surface area contributed by atoms with Crippen molar-refractivity contribution < 1.29 is 0 Å². The van der Waals surface area contributed by atoms with E-state index in [2.05, 4.69) is 72.6 Å². The summed E-state index contributed by atoms with van der Waals surface area (Å²) in [7, 11) is 2.18. The molecule has 0 atom stereocenters. The SMILES string of the molecule is CN1c2ccccc2CCc2c1ccc1ccccc21. The molecule has 1 heterocycles. The topological polar surface area (TPSA) is 3.24 Å². The second-order valence-electron chi connectivity index (χ2n) is 5.47. The number of fused-ring (bicyclic) bond motifs is 4. The van der Waals surface area contributed by atoms with Crippen molar-refractivity contribution in [3.63, 3.8) is 0 Å². The lowest BCUT2D eigenvalue weighted by atomic mass is 9.98. The number of aryl methyl sites for hydroxylation is 2. The molecular formula is C19H17N. The summed E-state index contributed by atoms with van der Waals surface area (Å²) in [6.07, 6.45) is 2.22. The second kappa shape index (κ2) is 4.38. The van der Waals surface area contributed by atoms with Crippen LogP contribution in [0.1, 0.15) is 11.1 Å². The fourth-order valence-electron chi connectivity index (χ4n) is 3.34. The van der Waals surface area contributed by atoms with E-state index in [9.17, 15) is 0 Å². The van der Waals surface area contributed by atoms with Gasteiger partial charge in [0, 0.05) is 18.4 Å². The molecule has 98 valence electrons. The number of rotatable bonds is 0. The summed E-state index contributed by atoms with van der Waals surface area (Å²) in [5.74, 6) is 0. The van der Waals surface area contributed by atoms with Gasteiger partial charge in [-0.15, -0.1) is 0 Å². The monoisotopic (exact) mass is 259 g/mol. The fourth-order valence-corrected chi connectivity index (χ4v) is 3.34. The van der Waals surface area contributed by atoms with Crippen molar-refractivity contribution in [2.45, 2.75) is 12.8 Å². The molecule has 4 rings (SSSR count). The average molecular weight is 259 g/mol. The number of hydrogen-bond donors (Lipinski definition) is 0. The van der Waals surface area contributed by atoms with E-state index in [0.29, 0.717) is 0 Å². The van der Waals surface area contributed by atoms with Crippen LogP contribution in [-0.2, 0) is 12.8 Å². The highest BCUT2D eigenvalue weighted by atomic mass is 15.1. The molecule has 0 radical (unpaired) electrons. The number of anilines is 2. The second-order valence-corrected chi connectivity index (χ2v) is 5.47. The van der Waals surface area contributed by atoms with Crippen LogP contribution in [0, 0.1) is 0 Å². The lowest BCUT2D eigenvalue weighted by Crippen LogP contribution is -2.11. The van der Waals surface area contributed by atoms with Gasteiger partial charge in [0.25, 0.3) is 0 Å². The van der Waals surface area contributed by atoms with Gasteiger partial charge >= 0.3 is 0 Å². The molecule has 1 aliphatic heterocycles. The smallest absolute Gasteiger partial charge is 0.0447 e. The molecule has 0 unspecified atom stereocenters. The van der Waals surface area contributed by atoms with Crippen LogP contribution >= 0.6 is 0 Å². The van der Waals surface area contributed by atoms with E-state index in [4.69, 9.17) is 0 Å². The first-order chi connectivity index (χ1) is 9.84. The Morgan fingerprint density at radius 2 is 1.55 bits per heavy atom. The summed E-state index contributed by atoms with van der Waals surface area (Å²) in [5, 5.41) is 2.73. The normalized spacial score (nSPS) is 13.8. The summed E-state index contributed by atoms with van der Waals surface area (Å²) in [6.45, 7) is 0. The molecule has 0 aromatic heterocycles. The van der Waals surface area contributed by atoms with Crippen molar-refractivity contribution in [3.8, 4) is 0 Å². The lowest BCUT2D eigenvalue weighted by Gasteiger charge is -2.22. The third-order valence-corrected chi connectivity index (χ3v) is 4.37. The molecule has 3 aromatic rings. The van der Waals surface area contributed by atoms with Crippen LogP contribution < -0.4 is 4.90 Å². The van der Waals surface area contributed by atoms with Crippen molar-refractivity contribution in [2.75, 3.05) is 11.9 Å². The molecule has 1 aliphatic rings. The molecule has 1 nitrogen and oxygen atoms in total. The largest absolute Gasteiger partial charge is 0.344 e. The Morgan fingerprint density at radius 3 is 2.50 bits per heavy atom. The number of nitrogens with zero attached hydrogens (tertiary/aromatic N) is 1. The summed E-state index contributed by atoms with van der Waals surface area (Å²) in [6, 6.07) is 21.9. The summed E-state index contributed by atoms with van der Waals surface area (Å²) in [4.78, 5) is 2.34. The minimum atomic E-state index is 1.11. The van der Waals surface area contributed by atoms with Crippen molar-refractivity contribution in [3.05, 3.63) is 71.8 Å². The Labute approximate surface area is 119 Å².